The number of ether oxygens (including phenoxy) is 1. The third kappa shape index (κ3) is 6.39. The number of unbranched alkanes of at least 4 members (excludes halogenated alkanes) is 5. The molecular weight excluding hydrogens is 176 g/mol. The molecule has 0 saturated heterocycles. The Balaban J connectivity index is 3.34. The molecule has 0 aliphatic heterocycles. The summed E-state index contributed by atoms with van der Waals surface area (Å²) in [5, 5.41) is 9.10. The first kappa shape index (κ1) is 13.9. The average molecular weight is 202 g/mol. The van der Waals surface area contributed by atoms with Gasteiger partial charge in [0.15, 0.2) is 0 Å². The summed E-state index contributed by atoms with van der Waals surface area (Å²) in [4.78, 5) is 0. The topological polar surface area (TPSA) is 29.5 Å². The second kappa shape index (κ2) is 8.25. The molecule has 1 N–H and O–H groups in total. The van der Waals surface area contributed by atoms with Gasteiger partial charge in [-0.1, -0.05) is 45.4 Å². The summed E-state index contributed by atoms with van der Waals surface area (Å²) < 4.78 is 5.26. The summed E-state index contributed by atoms with van der Waals surface area (Å²) in [5.41, 5.74) is -0.315. The fourth-order valence-electron chi connectivity index (χ4n) is 1.52. The van der Waals surface area contributed by atoms with Gasteiger partial charge in [0, 0.05) is 7.11 Å². The lowest BCUT2D eigenvalue weighted by Crippen LogP contribution is -2.31. The predicted octanol–water partition coefficient (Wildman–Crippen LogP) is 3.13. The molecule has 0 heterocycles. The highest BCUT2D eigenvalue weighted by atomic mass is 16.5. The highest BCUT2D eigenvalue weighted by Crippen LogP contribution is 2.18. The second-order valence-corrected chi connectivity index (χ2v) is 4.33. The van der Waals surface area contributed by atoms with Gasteiger partial charge in [-0.05, 0) is 13.3 Å². The summed E-state index contributed by atoms with van der Waals surface area (Å²) in [6.07, 6.45) is 8.70. The highest BCUT2D eigenvalue weighted by molar-refractivity contribution is 4.72. The van der Waals surface area contributed by atoms with Crippen LogP contribution in [0.15, 0.2) is 0 Å². The summed E-state index contributed by atoms with van der Waals surface area (Å²) >= 11 is 0. The molecule has 0 spiro atoms. The number of methoxy groups -OCH3 is 1. The quantitative estimate of drug-likeness (QED) is 0.582. The lowest BCUT2D eigenvalue weighted by atomic mass is 9.98. The van der Waals surface area contributed by atoms with Gasteiger partial charge in [0.1, 0.15) is 0 Å². The maximum atomic E-state index is 9.10. The highest BCUT2D eigenvalue weighted by Gasteiger charge is 2.21. The Labute approximate surface area is 88.7 Å². The molecule has 0 aromatic rings. The molecule has 0 radical (unpaired) electrons. The van der Waals surface area contributed by atoms with E-state index in [0.717, 1.165) is 12.8 Å². The van der Waals surface area contributed by atoms with Gasteiger partial charge in [0.25, 0.3) is 0 Å². The minimum absolute atomic E-state index is 0.123. The molecule has 0 aliphatic rings. The Morgan fingerprint density at radius 2 is 1.64 bits per heavy atom. The van der Waals surface area contributed by atoms with Crippen molar-refractivity contribution in [1.82, 2.24) is 0 Å². The van der Waals surface area contributed by atoms with Gasteiger partial charge in [-0.25, -0.2) is 0 Å². The van der Waals surface area contributed by atoms with Crippen molar-refractivity contribution in [3.05, 3.63) is 0 Å². The van der Waals surface area contributed by atoms with Crippen molar-refractivity contribution in [2.24, 2.45) is 0 Å². The summed E-state index contributed by atoms with van der Waals surface area (Å²) in [5.74, 6) is 0. The molecule has 0 aliphatic carbocycles. The van der Waals surface area contributed by atoms with E-state index in [1.807, 2.05) is 6.92 Å². The van der Waals surface area contributed by atoms with Crippen molar-refractivity contribution in [1.29, 1.82) is 0 Å². The minimum Gasteiger partial charge on any atom is -0.393 e. The average Bonchev–Trinajstić information content (AvgIpc) is 2.23. The first-order valence-corrected chi connectivity index (χ1v) is 5.84. The van der Waals surface area contributed by atoms with Crippen LogP contribution in [0.1, 0.15) is 58.8 Å². The van der Waals surface area contributed by atoms with Crippen molar-refractivity contribution in [3.63, 3.8) is 0 Å². The van der Waals surface area contributed by atoms with E-state index in [9.17, 15) is 0 Å². The van der Waals surface area contributed by atoms with E-state index in [1.54, 1.807) is 7.11 Å². The molecule has 1 atom stereocenters. The van der Waals surface area contributed by atoms with Crippen LogP contribution in [-0.2, 0) is 4.74 Å². The zero-order chi connectivity index (χ0) is 10.9. The lowest BCUT2D eigenvalue weighted by molar-refractivity contribution is -0.0447. The summed E-state index contributed by atoms with van der Waals surface area (Å²) in [6, 6.07) is 0. The van der Waals surface area contributed by atoms with Crippen molar-refractivity contribution < 1.29 is 9.84 Å². The fraction of sp³-hybridized carbons (Fsp3) is 1.00. The SMILES string of the molecule is CCCCCCCCC(C)(CO)OC. The summed E-state index contributed by atoms with van der Waals surface area (Å²) in [7, 11) is 1.67. The molecular formula is C12H26O2. The van der Waals surface area contributed by atoms with E-state index in [2.05, 4.69) is 6.92 Å². The molecule has 14 heavy (non-hydrogen) atoms. The van der Waals surface area contributed by atoms with E-state index < -0.39 is 0 Å². The van der Waals surface area contributed by atoms with Crippen LogP contribution in [0.2, 0.25) is 0 Å². The third-order valence-corrected chi connectivity index (χ3v) is 2.89. The van der Waals surface area contributed by atoms with Gasteiger partial charge in [0.05, 0.1) is 12.2 Å². The predicted molar refractivity (Wildman–Crippen MR) is 60.5 cm³/mol. The van der Waals surface area contributed by atoms with Crippen LogP contribution in [0, 0.1) is 0 Å². The molecule has 0 aromatic heterocycles. The normalized spacial score (nSPS) is 15.4. The van der Waals surface area contributed by atoms with Crippen molar-refractivity contribution in [2.75, 3.05) is 13.7 Å². The second-order valence-electron chi connectivity index (χ2n) is 4.33. The molecule has 0 aromatic carbocycles. The Morgan fingerprint density at radius 3 is 2.14 bits per heavy atom. The molecule has 1 unspecified atom stereocenters. The van der Waals surface area contributed by atoms with Crippen LogP contribution in [0.25, 0.3) is 0 Å². The summed E-state index contributed by atoms with van der Waals surface area (Å²) in [6.45, 7) is 4.32. The molecule has 0 amide bonds. The molecule has 86 valence electrons. The zero-order valence-electron chi connectivity index (χ0n) is 10.0. The van der Waals surface area contributed by atoms with Gasteiger partial charge >= 0.3 is 0 Å². The van der Waals surface area contributed by atoms with Gasteiger partial charge in [0.2, 0.25) is 0 Å². The van der Waals surface area contributed by atoms with Crippen LogP contribution in [0.3, 0.4) is 0 Å². The van der Waals surface area contributed by atoms with Crippen molar-refractivity contribution >= 4 is 0 Å². The van der Waals surface area contributed by atoms with E-state index in [0.29, 0.717) is 0 Å². The van der Waals surface area contributed by atoms with Gasteiger partial charge < -0.3 is 9.84 Å². The van der Waals surface area contributed by atoms with Crippen LogP contribution >= 0.6 is 0 Å². The largest absolute Gasteiger partial charge is 0.393 e. The standard InChI is InChI=1S/C12H26O2/c1-4-5-6-7-8-9-10-12(2,11-13)14-3/h13H,4-11H2,1-3H3. The van der Waals surface area contributed by atoms with Crippen LogP contribution in [0.5, 0.6) is 0 Å². The molecule has 0 bridgehead atoms. The molecule has 0 fully saturated rings. The van der Waals surface area contributed by atoms with Crippen molar-refractivity contribution in [2.45, 2.75) is 64.4 Å². The van der Waals surface area contributed by atoms with Gasteiger partial charge in [-0.2, -0.15) is 0 Å². The van der Waals surface area contributed by atoms with Crippen molar-refractivity contribution in [3.8, 4) is 0 Å². The van der Waals surface area contributed by atoms with E-state index >= 15 is 0 Å². The molecule has 2 nitrogen and oxygen atoms in total. The Bertz CT molecular complexity index is 119. The molecule has 0 saturated carbocycles. The van der Waals surface area contributed by atoms with Crippen LogP contribution in [-0.4, -0.2) is 24.4 Å². The molecule has 0 rings (SSSR count). The fourth-order valence-corrected chi connectivity index (χ4v) is 1.52. The van der Waals surface area contributed by atoms with Gasteiger partial charge in [-0.15, -0.1) is 0 Å². The van der Waals surface area contributed by atoms with E-state index in [-0.39, 0.29) is 12.2 Å². The number of rotatable bonds is 9. The number of aliphatic hydroxyl groups excluding tert-OH is 1. The van der Waals surface area contributed by atoms with Gasteiger partial charge in [-0.3, -0.25) is 0 Å². The van der Waals surface area contributed by atoms with E-state index in [4.69, 9.17) is 9.84 Å². The number of aliphatic hydroxyl groups is 1. The third-order valence-electron chi connectivity index (χ3n) is 2.89. The maximum Gasteiger partial charge on any atom is 0.0880 e. The Kier molecular flexibility index (Phi) is 8.20. The lowest BCUT2D eigenvalue weighted by Gasteiger charge is -2.25. The molecule has 2 heteroatoms. The first-order chi connectivity index (χ1) is 6.68. The Morgan fingerprint density at radius 1 is 1.07 bits per heavy atom. The van der Waals surface area contributed by atoms with Crippen LogP contribution < -0.4 is 0 Å². The maximum absolute atomic E-state index is 9.10. The number of hydrogen-bond acceptors (Lipinski definition) is 2. The smallest absolute Gasteiger partial charge is 0.0880 e. The van der Waals surface area contributed by atoms with E-state index in [1.165, 1.54) is 32.1 Å². The first-order valence-electron chi connectivity index (χ1n) is 5.84. The zero-order valence-corrected chi connectivity index (χ0v) is 10.0. The number of hydrogen-bond donors (Lipinski definition) is 1. The minimum atomic E-state index is -0.315. The van der Waals surface area contributed by atoms with Crippen LogP contribution in [0.4, 0.5) is 0 Å². The monoisotopic (exact) mass is 202 g/mol. The Hall–Kier alpha value is -0.0800.